The van der Waals surface area contributed by atoms with Crippen molar-refractivity contribution in [1.82, 2.24) is 15.1 Å². The molecule has 2 aromatic carbocycles. The van der Waals surface area contributed by atoms with Crippen molar-refractivity contribution in [3.63, 3.8) is 0 Å². The number of ether oxygens (including phenoxy) is 1. The molecule has 39 heavy (non-hydrogen) atoms. The molecule has 3 atom stereocenters. The summed E-state index contributed by atoms with van der Waals surface area (Å²) in [5, 5.41) is 12.3. The fraction of sp³-hybridized carbons (Fsp3) is 0.310. The quantitative estimate of drug-likeness (QED) is 0.296. The molecule has 1 saturated carbocycles. The fourth-order valence-electron chi connectivity index (χ4n) is 5.68. The largest absolute Gasteiger partial charge is 0.457 e. The van der Waals surface area contributed by atoms with Crippen LogP contribution < -0.4 is 15.8 Å². The van der Waals surface area contributed by atoms with Gasteiger partial charge in [0, 0.05) is 34.0 Å². The molecule has 3 heterocycles. The molecule has 0 unspecified atom stereocenters. The van der Waals surface area contributed by atoms with E-state index in [2.05, 4.69) is 12.2 Å². The average Bonchev–Trinajstić information content (AvgIpc) is 3.22. The van der Waals surface area contributed by atoms with Gasteiger partial charge in [-0.15, -0.1) is 11.3 Å². The lowest BCUT2D eigenvalue weighted by Gasteiger charge is -2.28. The Morgan fingerprint density at radius 1 is 1.15 bits per heavy atom. The number of amidine groups is 1. The number of carbonyl (C=O) groups is 3. The molecule has 0 bridgehead atoms. The summed E-state index contributed by atoms with van der Waals surface area (Å²) in [6, 6.07) is 16.0. The number of nitrogens with zero attached hydrogens (tertiary/aromatic N) is 2. The van der Waals surface area contributed by atoms with Crippen molar-refractivity contribution in [3.8, 4) is 11.5 Å². The van der Waals surface area contributed by atoms with Crippen molar-refractivity contribution < 1.29 is 19.1 Å². The van der Waals surface area contributed by atoms with Gasteiger partial charge >= 0.3 is 0 Å². The Morgan fingerprint density at radius 2 is 1.95 bits per heavy atom. The fourth-order valence-corrected chi connectivity index (χ4v) is 6.51. The third kappa shape index (κ3) is 4.76. The smallest absolute Gasteiger partial charge is 0.254 e. The number of carbonyl (C=O) groups excluding carboxylic acids is 3. The minimum Gasteiger partial charge on any atom is -0.457 e. The SMILES string of the molecule is C[C@@]12C[C@@H]1N(C(=O)CN1Cc3cc(Oc4ccccc4)ccc3C1=O)[C@H](C(=O)NCc1cc(C(=N)N)cs1)C2. The van der Waals surface area contributed by atoms with E-state index in [0.29, 0.717) is 42.1 Å². The Morgan fingerprint density at radius 3 is 2.69 bits per heavy atom. The zero-order valence-electron chi connectivity index (χ0n) is 21.5. The highest BCUT2D eigenvalue weighted by atomic mass is 32.1. The normalized spacial score (nSPS) is 22.8. The van der Waals surface area contributed by atoms with Crippen LogP contribution >= 0.6 is 11.3 Å². The van der Waals surface area contributed by atoms with Gasteiger partial charge in [0.25, 0.3) is 5.91 Å². The van der Waals surface area contributed by atoms with Crippen molar-refractivity contribution in [1.29, 1.82) is 5.41 Å². The first-order valence-corrected chi connectivity index (χ1v) is 13.8. The van der Waals surface area contributed by atoms with Crippen LogP contribution in [0.3, 0.4) is 0 Å². The number of hydrogen-bond donors (Lipinski definition) is 3. The van der Waals surface area contributed by atoms with Crippen molar-refractivity contribution >= 4 is 34.9 Å². The predicted octanol–water partition coefficient (Wildman–Crippen LogP) is 3.48. The van der Waals surface area contributed by atoms with E-state index in [0.717, 1.165) is 16.9 Å². The van der Waals surface area contributed by atoms with Gasteiger partial charge in [0.15, 0.2) is 0 Å². The molecule has 10 heteroatoms. The van der Waals surface area contributed by atoms with Gasteiger partial charge in [-0.2, -0.15) is 0 Å². The highest BCUT2D eigenvalue weighted by Crippen LogP contribution is 2.59. The van der Waals surface area contributed by atoms with Crippen LogP contribution in [0.4, 0.5) is 0 Å². The van der Waals surface area contributed by atoms with Crippen molar-refractivity contribution in [3.05, 3.63) is 81.5 Å². The molecule has 200 valence electrons. The molecule has 4 N–H and O–H groups in total. The molecule has 0 radical (unpaired) electrons. The van der Waals surface area contributed by atoms with E-state index in [9.17, 15) is 14.4 Å². The van der Waals surface area contributed by atoms with Gasteiger partial charge in [-0.05, 0) is 60.2 Å². The second-order valence-corrected chi connectivity index (χ2v) is 11.7. The third-order valence-electron chi connectivity index (χ3n) is 7.89. The monoisotopic (exact) mass is 543 g/mol. The van der Waals surface area contributed by atoms with Crippen molar-refractivity contribution in [2.75, 3.05) is 6.54 Å². The van der Waals surface area contributed by atoms with Crippen molar-refractivity contribution in [2.45, 2.75) is 44.9 Å². The minimum atomic E-state index is -0.570. The Balaban J connectivity index is 1.11. The van der Waals surface area contributed by atoms with Crippen LogP contribution in [0.5, 0.6) is 11.5 Å². The maximum Gasteiger partial charge on any atom is 0.254 e. The van der Waals surface area contributed by atoms with Crippen LogP contribution in [-0.2, 0) is 22.7 Å². The lowest BCUT2D eigenvalue weighted by atomic mass is 10.0. The van der Waals surface area contributed by atoms with E-state index >= 15 is 0 Å². The van der Waals surface area contributed by atoms with Gasteiger partial charge in [-0.3, -0.25) is 19.8 Å². The maximum atomic E-state index is 13.5. The van der Waals surface area contributed by atoms with Gasteiger partial charge in [0.1, 0.15) is 29.9 Å². The Labute approximate surface area is 230 Å². The summed E-state index contributed by atoms with van der Waals surface area (Å²) in [5.74, 6) is 0.724. The summed E-state index contributed by atoms with van der Waals surface area (Å²) in [5.41, 5.74) is 7.48. The van der Waals surface area contributed by atoms with Crippen molar-refractivity contribution in [2.24, 2.45) is 11.1 Å². The maximum absolute atomic E-state index is 13.5. The number of nitrogens with one attached hydrogen (secondary N) is 2. The molecule has 2 fully saturated rings. The Hall–Kier alpha value is -4.18. The van der Waals surface area contributed by atoms with Gasteiger partial charge in [0.05, 0.1) is 6.54 Å². The van der Waals surface area contributed by atoms with Gasteiger partial charge in [0.2, 0.25) is 11.8 Å². The summed E-state index contributed by atoms with van der Waals surface area (Å²) in [6.07, 6.45) is 1.47. The molecule has 0 spiro atoms. The third-order valence-corrected chi connectivity index (χ3v) is 8.82. The van der Waals surface area contributed by atoms with E-state index in [4.69, 9.17) is 15.9 Å². The van der Waals surface area contributed by atoms with Crippen LogP contribution in [0.2, 0.25) is 0 Å². The number of para-hydroxylation sites is 1. The molecule has 3 aliphatic rings. The van der Waals surface area contributed by atoms with Crippen LogP contribution in [-0.4, -0.2) is 52.0 Å². The number of hydrogen-bond acceptors (Lipinski definition) is 6. The lowest BCUT2D eigenvalue weighted by molar-refractivity contribution is -0.140. The second kappa shape index (κ2) is 9.53. The number of thiophene rings is 1. The second-order valence-electron chi connectivity index (χ2n) is 10.7. The van der Waals surface area contributed by atoms with Gasteiger partial charge in [-0.25, -0.2) is 0 Å². The number of nitrogens with two attached hydrogens (primary N) is 1. The molecule has 1 aliphatic carbocycles. The number of rotatable bonds is 8. The van der Waals surface area contributed by atoms with E-state index in [1.807, 2.05) is 36.4 Å². The zero-order valence-corrected chi connectivity index (χ0v) is 22.3. The summed E-state index contributed by atoms with van der Waals surface area (Å²) in [6.45, 7) is 2.65. The molecule has 9 nitrogen and oxygen atoms in total. The van der Waals surface area contributed by atoms with E-state index in [1.54, 1.807) is 33.4 Å². The number of piperidine rings is 1. The number of benzene rings is 2. The zero-order chi connectivity index (χ0) is 27.3. The van der Waals surface area contributed by atoms with Gasteiger partial charge in [-0.1, -0.05) is 25.1 Å². The summed E-state index contributed by atoms with van der Waals surface area (Å²) >= 11 is 1.43. The highest BCUT2D eigenvalue weighted by molar-refractivity contribution is 7.10. The topological polar surface area (TPSA) is 129 Å². The summed E-state index contributed by atoms with van der Waals surface area (Å²) in [7, 11) is 0. The molecule has 6 rings (SSSR count). The van der Waals surface area contributed by atoms with Crippen LogP contribution in [0.1, 0.15) is 46.1 Å². The van der Waals surface area contributed by atoms with Crippen LogP contribution in [0, 0.1) is 10.8 Å². The summed E-state index contributed by atoms with van der Waals surface area (Å²) < 4.78 is 5.91. The van der Waals surface area contributed by atoms with E-state index in [-0.39, 0.29) is 41.6 Å². The molecular formula is C29H29N5O4S. The molecule has 1 saturated heterocycles. The predicted molar refractivity (Wildman–Crippen MR) is 147 cm³/mol. The van der Waals surface area contributed by atoms with E-state index < -0.39 is 6.04 Å². The first-order valence-electron chi connectivity index (χ1n) is 12.9. The molecular weight excluding hydrogens is 514 g/mol. The highest BCUT2D eigenvalue weighted by Gasteiger charge is 2.64. The van der Waals surface area contributed by atoms with E-state index in [1.165, 1.54) is 11.3 Å². The summed E-state index contributed by atoms with van der Waals surface area (Å²) in [4.78, 5) is 44.0. The first-order chi connectivity index (χ1) is 18.7. The average molecular weight is 544 g/mol. The lowest BCUT2D eigenvalue weighted by Crippen LogP contribution is -2.50. The minimum absolute atomic E-state index is 0.0111. The van der Waals surface area contributed by atoms with Crippen LogP contribution in [0.25, 0.3) is 0 Å². The molecule has 2 aliphatic heterocycles. The standard InChI is InChI=1S/C29H29N5O4S/c1-29-11-23(27(36)32-13-21-10-18(16-39-21)26(30)31)34(24(29)12-29)25(35)15-33-14-17-9-20(7-8-22(17)28(33)37)38-19-5-3-2-4-6-19/h2-10,16,23-24H,11-15H2,1H3,(H3,30,31)(H,32,36)/t23-,24-,29+/m0/s1. The van der Waals surface area contributed by atoms with Gasteiger partial charge < -0.3 is 25.6 Å². The number of likely N-dealkylation sites (tertiary alicyclic amines) is 1. The number of nitrogen functional groups attached to an aromatic ring is 1. The number of fused-ring (bicyclic) bond motifs is 2. The Kier molecular flexibility index (Phi) is 6.14. The Bertz CT molecular complexity index is 1490. The molecule has 3 amide bonds. The molecule has 1 aromatic heterocycles. The molecule has 3 aromatic rings. The van der Waals surface area contributed by atoms with Crippen LogP contribution in [0.15, 0.2) is 60.0 Å². The first kappa shape index (κ1) is 25.1. The number of amides is 3.